The molecule has 2 heterocycles. The van der Waals surface area contributed by atoms with Gasteiger partial charge in [0.2, 0.25) is 0 Å². The zero-order valence-corrected chi connectivity index (χ0v) is 11.5. The lowest BCUT2D eigenvalue weighted by Gasteiger charge is -2.33. The standard InChI is InChI=1S/C15H19F3N2/c1-10-9-20(12-6-3-2-5-11(10)12)14-8-4-7-13(19-14)15(16,17)18/h4,7-8,10-12H,2-3,5-6,9H2,1H3. The summed E-state index contributed by atoms with van der Waals surface area (Å²) in [5, 5.41) is 0. The molecular weight excluding hydrogens is 265 g/mol. The molecular formula is C15H19F3N2. The molecule has 1 saturated carbocycles. The van der Waals surface area contributed by atoms with Gasteiger partial charge in [-0.3, -0.25) is 0 Å². The van der Waals surface area contributed by atoms with Crippen LogP contribution in [0.3, 0.4) is 0 Å². The smallest absolute Gasteiger partial charge is 0.353 e. The number of fused-ring (bicyclic) bond motifs is 1. The Balaban J connectivity index is 1.89. The van der Waals surface area contributed by atoms with Gasteiger partial charge in [0.15, 0.2) is 0 Å². The van der Waals surface area contributed by atoms with E-state index in [1.807, 2.05) is 0 Å². The van der Waals surface area contributed by atoms with Crippen LogP contribution in [0.4, 0.5) is 19.0 Å². The summed E-state index contributed by atoms with van der Waals surface area (Å²) in [6.45, 7) is 3.03. The minimum absolute atomic E-state index is 0.370. The molecule has 1 aromatic heterocycles. The van der Waals surface area contributed by atoms with Crippen molar-refractivity contribution < 1.29 is 13.2 Å². The fraction of sp³-hybridized carbons (Fsp3) is 0.667. The number of hydrogen-bond donors (Lipinski definition) is 0. The minimum Gasteiger partial charge on any atom is -0.353 e. The van der Waals surface area contributed by atoms with Crippen molar-refractivity contribution in [3.63, 3.8) is 0 Å². The van der Waals surface area contributed by atoms with Crippen LogP contribution in [-0.2, 0) is 6.18 Å². The van der Waals surface area contributed by atoms with Gasteiger partial charge in [0, 0.05) is 12.6 Å². The summed E-state index contributed by atoms with van der Waals surface area (Å²) in [5.41, 5.74) is -0.790. The van der Waals surface area contributed by atoms with Crippen LogP contribution >= 0.6 is 0 Å². The zero-order chi connectivity index (χ0) is 14.3. The normalized spacial score (nSPS) is 30.4. The Bertz CT molecular complexity index is 486. The lowest BCUT2D eigenvalue weighted by atomic mass is 9.80. The van der Waals surface area contributed by atoms with Crippen LogP contribution in [0.1, 0.15) is 38.3 Å². The highest BCUT2D eigenvalue weighted by Gasteiger charge is 2.41. The molecule has 1 aliphatic heterocycles. The lowest BCUT2D eigenvalue weighted by molar-refractivity contribution is -0.141. The van der Waals surface area contributed by atoms with Gasteiger partial charge >= 0.3 is 6.18 Å². The third-order valence-electron chi connectivity index (χ3n) is 4.72. The van der Waals surface area contributed by atoms with Crippen molar-refractivity contribution >= 4 is 5.82 Å². The molecule has 0 spiro atoms. The molecule has 0 N–H and O–H groups in total. The van der Waals surface area contributed by atoms with Gasteiger partial charge in [-0.2, -0.15) is 13.2 Å². The second kappa shape index (κ2) is 4.93. The van der Waals surface area contributed by atoms with Crippen LogP contribution in [-0.4, -0.2) is 17.6 Å². The molecule has 0 aromatic carbocycles. The van der Waals surface area contributed by atoms with E-state index in [9.17, 15) is 13.2 Å². The van der Waals surface area contributed by atoms with Crippen LogP contribution < -0.4 is 4.90 Å². The van der Waals surface area contributed by atoms with E-state index in [2.05, 4.69) is 16.8 Å². The summed E-state index contributed by atoms with van der Waals surface area (Å²) in [6, 6.07) is 4.58. The Morgan fingerprint density at radius 1 is 1.20 bits per heavy atom. The van der Waals surface area contributed by atoms with Crippen molar-refractivity contribution in [3.05, 3.63) is 23.9 Å². The highest BCUT2D eigenvalue weighted by molar-refractivity contribution is 5.43. The summed E-state index contributed by atoms with van der Waals surface area (Å²) in [6.07, 6.45) is 0.320. The highest BCUT2D eigenvalue weighted by Crippen LogP contribution is 2.41. The molecule has 3 rings (SSSR count). The molecule has 1 aliphatic carbocycles. The van der Waals surface area contributed by atoms with Crippen molar-refractivity contribution in [1.29, 1.82) is 0 Å². The second-order valence-electron chi connectivity index (χ2n) is 6.02. The third-order valence-corrected chi connectivity index (χ3v) is 4.72. The first-order chi connectivity index (χ1) is 9.47. The Morgan fingerprint density at radius 2 is 1.95 bits per heavy atom. The first-order valence-electron chi connectivity index (χ1n) is 7.27. The van der Waals surface area contributed by atoms with E-state index in [4.69, 9.17) is 0 Å². The van der Waals surface area contributed by atoms with Crippen LogP contribution in [0.25, 0.3) is 0 Å². The molecule has 1 saturated heterocycles. The van der Waals surface area contributed by atoms with E-state index >= 15 is 0 Å². The molecule has 20 heavy (non-hydrogen) atoms. The van der Waals surface area contributed by atoms with Crippen LogP contribution in [0.2, 0.25) is 0 Å². The maximum absolute atomic E-state index is 12.8. The largest absolute Gasteiger partial charge is 0.433 e. The summed E-state index contributed by atoms with van der Waals surface area (Å²) in [4.78, 5) is 5.95. The first-order valence-corrected chi connectivity index (χ1v) is 7.27. The van der Waals surface area contributed by atoms with Gasteiger partial charge in [-0.25, -0.2) is 4.98 Å². The number of hydrogen-bond acceptors (Lipinski definition) is 2. The maximum Gasteiger partial charge on any atom is 0.433 e. The number of nitrogens with zero attached hydrogens (tertiary/aromatic N) is 2. The maximum atomic E-state index is 12.8. The van der Waals surface area contributed by atoms with Crippen molar-refractivity contribution in [1.82, 2.24) is 4.98 Å². The Morgan fingerprint density at radius 3 is 2.70 bits per heavy atom. The first kappa shape index (κ1) is 13.7. The summed E-state index contributed by atoms with van der Waals surface area (Å²) in [5.74, 6) is 1.64. The van der Waals surface area contributed by atoms with Crippen molar-refractivity contribution in [2.24, 2.45) is 11.8 Å². The molecule has 110 valence electrons. The van der Waals surface area contributed by atoms with Gasteiger partial charge < -0.3 is 4.90 Å². The molecule has 0 amide bonds. The third kappa shape index (κ3) is 2.38. The molecule has 3 unspecified atom stereocenters. The van der Waals surface area contributed by atoms with E-state index < -0.39 is 11.9 Å². The summed E-state index contributed by atoms with van der Waals surface area (Å²) < 4.78 is 38.4. The lowest BCUT2D eigenvalue weighted by Crippen LogP contribution is -2.35. The van der Waals surface area contributed by atoms with Crippen LogP contribution in [0.5, 0.6) is 0 Å². The summed E-state index contributed by atoms with van der Waals surface area (Å²) in [7, 11) is 0. The van der Waals surface area contributed by atoms with Crippen LogP contribution in [0.15, 0.2) is 18.2 Å². The number of pyridine rings is 1. The average Bonchev–Trinajstić information content (AvgIpc) is 2.76. The number of anilines is 1. The summed E-state index contributed by atoms with van der Waals surface area (Å²) >= 11 is 0. The fourth-order valence-corrected chi connectivity index (χ4v) is 3.78. The predicted molar refractivity (Wildman–Crippen MR) is 71.5 cm³/mol. The van der Waals surface area contributed by atoms with Crippen molar-refractivity contribution in [3.8, 4) is 0 Å². The van der Waals surface area contributed by atoms with Gasteiger partial charge in [0.05, 0.1) is 0 Å². The number of halogens is 3. The van der Waals surface area contributed by atoms with E-state index in [1.165, 1.54) is 25.3 Å². The van der Waals surface area contributed by atoms with Gasteiger partial charge in [-0.05, 0) is 36.8 Å². The number of aromatic nitrogens is 1. The number of rotatable bonds is 1. The molecule has 0 bridgehead atoms. The minimum atomic E-state index is -4.37. The van der Waals surface area contributed by atoms with Gasteiger partial charge in [0.25, 0.3) is 0 Å². The Kier molecular flexibility index (Phi) is 3.38. The van der Waals surface area contributed by atoms with E-state index in [0.29, 0.717) is 23.7 Å². The molecule has 3 atom stereocenters. The predicted octanol–water partition coefficient (Wildman–Crippen LogP) is 4.12. The zero-order valence-electron chi connectivity index (χ0n) is 11.5. The quantitative estimate of drug-likeness (QED) is 0.771. The average molecular weight is 284 g/mol. The van der Waals surface area contributed by atoms with Gasteiger partial charge in [-0.15, -0.1) is 0 Å². The Labute approximate surface area is 117 Å². The molecule has 2 nitrogen and oxygen atoms in total. The molecule has 2 aliphatic rings. The van der Waals surface area contributed by atoms with E-state index in [1.54, 1.807) is 6.07 Å². The number of alkyl halides is 3. The van der Waals surface area contributed by atoms with Gasteiger partial charge in [-0.1, -0.05) is 25.8 Å². The highest BCUT2D eigenvalue weighted by atomic mass is 19.4. The SMILES string of the molecule is CC1CN(c2cccc(C(F)(F)F)n2)C2CCCCC12. The topological polar surface area (TPSA) is 16.1 Å². The Hall–Kier alpha value is -1.26. The molecule has 2 fully saturated rings. The molecule has 0 radical (unpaired) electrons. The van der Waals surface area contributed by atoms with Gasteiger partial charge in [0.1, 0.15) is 11.5 Å². The van der Waals surface area contributed by atoms with Crippen LogP contribution in [0, 0.1) is 11.8 Å². The molecule has 5 heteroatoms. The van der Waals surface area contributed by atoms with E-state index in [0.717, 1.165) is 19.0 Å². The fourth-order valence-electron chi connectivity index (χ4n) is 3.78. The second-order valence-corrected chi connectivity index (χ2v) is 6.02. The molecule has 1 aromatic rings. The van der Waals surface area contributed by atoms with E-state index in [-0.39, 0.29) is 0 Å². The van der Waals surface area contributed by atoms with Crippen molar-refractivity contribution in [2.75, 3.05) is 11.4 Å². The van der Waals surface area contributed by atoms with Crippen molar-refractivity contribution in [2.45, 2.75) is 44.8 Å². The monoisotopic (exact) mass is 284 g/mol.